The number of anilines is 2. The Morgan fingerprint density at radius 2 is 1.95 bits per heavy atom. The Bertz CT molecular complexity index is 623. The fourth-order valence-electron chi connectivity index (χ4n) is 1.71. The van der Waals surface area contributed by atoms with Crippen LogP contribution in [0.4, 0.5) is 11.4 Å². The van der Waals surface area contributed by atoms with Crippen molar-refractivity contribution in [2.45, 2.75) is 6.92 Å². The van der Waals surface area contributed by atoms with Crippen LogP contribution in [0, 0.1) is 6.92 Å². The first-order valence-corrected chi connectivity index (χ1v) is 6.78. The second-order valence-electron chi connectivity index (χ2n) is 4.09. The molecule has 98 valence electrons. The number of hydrogen-bond donors (Lipinski definition) is 2. The van der Waals surface area contributed by atoms with Gasteiger partial charge in [-0.05, 0) is 46.6 Å². The molecule has 3 N–H and O–H groups in total. The number of benzene rings is 2. The Morgan fingerprint density at radius 1 is 1.26 bits per heavy atom. The number of nitrogens with one attached hydrogen (secondary N) is 1. The molecule has 2 rings (SSSR count). The van der Waals surface area contributed by atoms with E-state index in [1.807, 2.05) is 25.1 Å². The number of nitrogen functional groups attached to an aromatic ring is 1. The molecule has 0 unspecified atom stereocenters. The fourth-order valence-corrected chi connectivity index (χ4v) is 2.34. The maximum atomic E-state index is 12.2. The highest BCUT2D eigenvalue weighted by atomic mass is 79.9. The van der Waals surface area contributed by atoms with Crippen molar-refractivity contribution in [1.82, 2.24) is 0 Å². The molecule has 3 nitrogen and oxygen atoms in total. The monoisotopic (exact) mass is 338 g/mol. The van der Waals surface area contributed by atoms with Gasteiger partial charge >= 0.3 is 0 Å². The lowest BCUT2D eigenvalue weighted by Crippen LogP contribution is -2.15. The molecule has 0 aliphatic carbocycles. The zero-order valence-corrected chi connectivity index (χ0v) is 12.5. The summed E-state index contributed by atoms with van der Waals surface area (Å²) >= 11 is 9.45. The number of nitrogens with two attached hydrogens (primary N) is 1. The molecule has 5 heteroatoms. The van der Waals surface area contributed by atoms with Gasteiger partial charge in [0.2, 0.25) is 0 Å². The fraction of sp³-hybridized carbons (Fsp3) is 0.0714. The molecule has 0 heterocycles. The molecule has 0 bridgehead atoms. The first kappa shape index (κ1) is 13.9. The Labute approximate surface area is 124 Å². The van der Waals surface area contributed by atoms with Crippen molar-refractivity contribution in [3.05, 3.63) is 57.0 Å². The van der Waals surface area contributed by atoms with Gasteiger partial charge in [0.15, 0.2) is 0 Å². The van der Waals surface area contributed by atoms with E-state index in [0.29, 0.717) is 16.4 Å². The second-order valence-corrected chi connectivity index (χ2v) is 5.29. The highest BCUT2D eigenvalue weighted by Gasteiger charge is 2.15. The zero-order valence-electron chi connectivity index (χ0n) is 10.2. The SMILES string of the molecule is Cc1cccc(NC(=O)c2c(N)cccc2Cl)c1Br. The topological polar surface area (TPSA) is 55.1 Å². The molecule has 0 aliphatic rings. The molecule has 0 saturated carbocycles. The number of aryl methyl sites for hydroxylation is 1. The quantitative estimate of drug-likeness (QED) is 0.804. The molecule has 19 heavy (non-hydrogen) atoms. The molecule has 2 aromatic rings. The largest absolute Gasteiger partial charge is 0.398 e. The molecule has 0 saturated heterocycles. The van der Waals surface area contributed by atoms with Crippen molar-refractivity contribution in [1.29, 1.82) is 0 Å². The predicted octanol–water partition coefficient (Wildman–Crippen LogP) is 4.25. The molecule has 0 radical (unpaired) electrons. The number of amides is 1. The van der Waals surface area contributed by atoms with E-state index < -0.39 is 0 Å². The van der Waals surface area contributed by atoms with Crippen LogP contribution in [0.1, 0.15) is 15.9 Å². The van der Waals surface area contributed by atoms with Crippen LogP contribution in [0.15, 0.2) is 40.9 Å². The normalized spacial score (nSPS) is 10.3. The highest BCUT2D eigenvalue weighted by molar-refractivity contribution is 9.10. The van der Waals surface area contributed by atoms with E-state index in [1.165, 1.54) is 0 Å². The van der Waals surface area contributed by atoms with Crippen LogP contribution in [0.2, 0.25) is 5.02 Å². The van der Waals surface area contributed by atoms with Gasteiger partial charge in [0.05, 0.1) is 16.3 Å². The van der Waals surface area contributed by atoms with Gasteiger partial charge in [0.1, 0.15) is 0 Å². The summed E-state index contributed by atoms with van der Waals surface area (Å²) < 4.78 is 0.842. The summed E-state index contributed by atoms with van der Waals surface area (Å²) in [6, 6.07) is 10.6. The van der Waals surface area contributed by atoms with Crippen molar-refractivity contribution in [2.24, 2.45) is 0 Å². The van der Waals surface area contributed by atoms with Crippen molar-refractivity contribution in [2.75, 3.05) is 11.1 Å². The van der Waals surface area contributed by atoms with Crippen LogP contribution in [0.5, 0.6) is 0 Å². The van der Waals surface area contributed by atoms with Gasteiger partial charge in [-0.3, -0.25) is 4.79 Å². The summed E-state index contributed by atoms with van der Waals surface area (Å²) in [4.78, 5) is 12.2. The van der Waals surface area contributed by atoms with Crippen molar-refractivity contribution in [3.63, 3.8) is 0 Å². The van der Waals surface area contributed by atoms with E-state index in [9.17, 15) is 4.79 Å². The van der Waals surface area contributed by atoms with Gasteiger partial charge in [-0.25, -0.2) is 0 Å². The smallest absolute Gasteiger partial charge is 0.259 e. The van der Waals surface area contributed by atoms with Crippen LogP contribution in [0.25, 0.3) is 0 Å². The summed E-state index contributed by atoms with van der Waals surface area (Å²) in [5.74, 6) is -0.325. The summed E-state index contributed by atoms with van der Waals surface area (Å²) in [5, 5.41) is 3.13. The van der Waals surface area contributed by atoms with E-state index in [4.69, 9.17) is 17.3 Å². The van der Waals surface area contributed by atoms with E-state index in [2.05, 4.69) is 21.2 Å². The first-order valence-electron chi connectivity index (χ1n) is 5.61. The summed E-state index contributed by atoms with van der Waals surface area (Å²) in [6.07, 6.45) is 0. The summed E-state index contributed by atoms with van der Waals surface area (Å²) in [6.45, 7) is 1.95. The number of carbonyl (C=O) groups excluding carboxylic acids is 1. The van der Waals surface area contributed by atoms with Crippen molar-refractivity contribution >= 4 is 44.8 Å². The minimum Gasteiger partial charge on any atom is -0.398 e. The summed E-state index contributed by atoms with van der Waals surface area (Å²) in [5.41, 5.74) is 8.15. The van der Waals surface area contributed by atoms with Gasteiger partial charge < -0.3 is 11.1 Å². The van der Waals surface area contributed by atoms with Crippen molar-refractivity contribution < 1.29 is 4.79 Å². The van der Waals surface area contributed by atoms with Crippen LogP contribution in [-0.2, 0) is 0 Å². The third kappa shape index (κ3) is 2.91. The number of halogens is 2. The standard InChI is InChI=1S/C14H12BrClN2O/c1-8-4-2-7-11(13(8)15)18-14(19)12-9(16)5-3-6-10(12)17/h2-7H,17H2,1H3,(H,18,19). The number of carbonyl (C=O) groups is 1. The zero-order chi connectivity index (χ0) is 14.0. The molecular formula is C14H12BrClN2O. The third-order valence-electron chi connectivity index (χ3n) is 2.71. The third-order valence-corrected chi connectivity index (χ3v) is 4.08. The molecule has 0 atom stereocenters. The van der Waals surface area contributed by atoms with Crippen LogP contribution in [0.3, 0.4) is 0 Å². The van der Waals surface area contributed by atoms with Gasteiger partial charge in [0.25, 0.3) is 5.91 Å². The maximum absolute atomic E-state index is 12.2. The molecule has 1 amide bonds. The average Bonchev–Trinajstić information content (AvgIpc) is 2.35. The Balaban J connectivity index is 2.34. The van der Waals surface area contributed by atoms with Crippen molar-refractivity contribution in [3.8, 4) is 0 Å². The van der Waals surface area contributed by atoms with Crippen LogP contribution < -0.4 is 11.1 Å². The maximum Gasteiger partial charge on any atom is 0.259 e. The number of rotatable bonds is 2. The van der Waals surface area contributed by atoms with E-state index in [-0.39, 0.29) is 11.5 Å². The minimum absolute atomic E-state index is 0.289. The van der Waals surface area contributed by atoms with Crippen LogP contribution >= 0.6 is 27.5 Å². The molecule has 2 aromatic carbocycles. The molecule has 0 fully saturated rings. The minimum atomic E-state index is -0.325. The lowest BCUT2D eigenvalue weighted by molar-refractivity contribution is 0.102. The van der Waals surface area contributed by atoms with Gasteiger partial charge in [-0.15, -0.1) is 0 Å². The number of hydrogen-bond acceptors (Lipinski definition) is 2. The Morgan fingerprint density at radius 3 is 2.63 bits per heavy atom. The Kier molecular flexibility index (Phi) is 4.12. The highest BCUT2D eigenvalue weighted by Crippen LogP contribution is 2.28. The van der Waals surface area contributed by atoms with Crippen LogP contribution in [-0.4, -0.2) is 5.91 Å². The molecule has 0 aliphatic heterocycles. The molecule has 0 spiro atoms. The van der Waals surface area contributed by atoms with Gasteiger partial charge in [-0.2, -0.15) is 0 Å². The van der Waals surface area contributed by atoms with Gasteiger partial charge in [0, 0.05) is 10.2 Å². The van der Waals surface area contributed by atoms with E-state index in [0.717, 1.165) is 10.0 Å². The predicted molar refractivity (Wildman–Crippen MR) is 82.7 cm³/mol. The second kappa shape index (κ2) is 5.63. The van der Waals surface area contributed by atoms with E-state index >= 15 is 0 Å². The first-order chi connectivity index (χ1) is 9.00. The summed E-state index contributed by atoms with van der Waals surface area (Å²) in [7, 11) is 0. The average molecular weight is 340 g/mol. The molecular weight excluding hydrogens is 328 g/mol. The molecule has 0 aromatic heterocycles. The lowest BCUT2D eigenvalue weighted by atomic mass is 10.1. The lowest BCUT2D eigenvalue weighted by Gasteiger charge is -2.11. The van der Waals surface area contributed by atoms with Gasteiger partial charge in [-0.1, -0.05) is 29.8 Å². The Hall–Kier alpha value is -1.52. The van der Waals surface area contributed by atoms with E-state index in [1.54, 1.807) is 18.2 Å².